The molecular formula is C26H27FN2O4. The van der Waals surface area contributed by atoms with Gasteiger partial charge in [0.2, 0.25) is 0 Å². The van der Waals surface area contributed by atoms with E-state index < -0.39 is 0 Å². The smallest absolute Gasteiger partial charge is 0.322 e. The summed E-state index contributed by atoms with van der Waals surface area (Å²) in [6.07, 6.45) is 1.76. The fraction of sp³-hybridized carbons (Fsp3) is 0.269. The molecule has 3 aromatic carbocycles. The Hall–Kier alpha value is -3.74. The number of carbonyl (C=O) groups is 1. The van der Waals surface area contributed by atoms with Gasteiger partial charge in [-0.15, -0.1) is 0 Å². The molecule has 1 aliphatic heterocycles. The number of nitrogens with zero attached hydrogens (tertiary/aromatic N) is 1. The molecule has 7 heteroatoms. The summed E-state index contributed by atoms with van der Waals surface area (Å²) in [7, 11) is 3.23. The molecule has 0 aromatic heterocycles. The number of halogens is 1. The molecule has 0 bridgehead atoms. The number of methoxy groups -OCH3 is 2. The van der Waals surface area contributed by atoms with Crippen LogP contribution in [0.4, 0.5) is 14.9 Å². The Morgan fingerprint density at radius 2 is 1.88 bits per heavy atom. The van der Waals surface area contributed by atoms with Crippen LogP contribution < -0.4 is 19.5 Å². The third kappa shape index (κ3) is 5.37. The maximum Gasteiger partial charge on any atom is 0.322 e. The summed E-state index contributed by atoms with van der Waals surface area (Å²) < 4.78 is 30.0. The number of carbonyl (C=O) groups excluding carboxylic acids is 1. The van der Waals surface area contributed by atoms with Gasteiger partial charge in [-0.2, -0.15) is 0 Å². The minimum absolute atomic E-state index is 0.0849. The Morgan fingerprint density at radius 3 is 2.67 bits per heavy atom. The van der Waals surface area contributed by atoms with E-state index in [9.17, 15) is 9.18 Å². The first kappa shape index (κ1) is 22.5. The predicted molar refractivity (Wildman–Crippen MR) is 124 cm³/mol. The molecule has 0 spiro atoms. The van der Waals surface area contributed by atoms with Crippen molar-refractivity contribution in [3.63, 3.8) is 0 Å². The average molecular weight is 451 g/mol. The molecule has 1 aliphatic rings. The summed E-state index contributed by atoms with van der Waals surface area (Å²) in [5, 5.41) is 2.97. The Bertz CT molecular complexity index is 1120. The lowest BCUT2D eigenvalue weighted by molar-refractivity contribution is 0.206. The number of hydrogen-bond donors (Lipinski definition) is 1. The summed E-state index contributed by atoms with van der Waals surface area (Å²) in [4.78, 5) is 14.9. The Morgan fingerprint density at radius 1 is 1.03 bits per heavy atom. The van der Waals surface area contributed by atoms with Gasteiger partial charge in [-0.25, -0.2) is 9.18 Å². The van der Waals surface area contributed by atoms with Crippen molar-refractivity contribution in [2.45, 2.75) is 25.5 Å². The molecule has 33 heavy (non-hydrogen) atoms. The van der Waals surface area contributed by atoms with Gasteiger partial charge in [0.1, 0.15) is 29.7 Å². The van der Waals surface area contributed by atoms with Gasteiger partial charge in [0.05, 0.1) is 20.3 Å². The zero-order valence-corrected chi connectivity index (χ0v) is 18.7. The van der Waals surface area contributed by atoms with E-state index >= 15 is 0 Å². The normalized spacial score (nSPS) is 15.2. The Balaban J connectivity index is 1.44. The van der Waals surface area contributed by atoms with Crippen LogP contribution in [0.1, 0.15) is 30.0 Å². The number of likely N-dealkylation sites (tertiary alicyclic amines) is 1. The molecular weight excluding hydrogens is 423 g/mol. The third-order valence-corrected chi connectivity index (χ3v) is 5.69. The van der Waals surface area contributed by atoms with Gasteiger partial charge in [0, 0.05) is 29.9 Å². The molecule has 6 nitrogen and oxygen atoms in total. The van der Waals surface area contributed by atoms with Crippen molar-refractivity contribution >= 4 is 11.7 Å². The van der Waals surface area contributed by atoms with Crippen LogP contribution in [0.15, 0.2) is 66.7 Å². The molecule has 172 valence electrons. The molecule has 2 amide bonds. The lowest BCUT2D eigenvalue weighted by atomic mass is 10.0. The van der Waals surface area contributed by atoms with Crippen LogP contribution in [0.3, 0.4) is 0 Å². The lowest BCUT2D eigenvalue weighted by Crippen LogP contribution is -2.34. The van der Waals surface area contributed by atoms with Crippen molar-refractivity contribution in [2.75, 3.05) is 26.1 Å². The second-order valence-electron chi connectivity index (χ2n) is 7.84. The minimum atomic E-state index is -0.300. The Kier molecular flexibility index (Phi) is 6.98. The number of hydrogen-bond acceptors (Lipinski definition) is 4. The monoisotopic (exact) mass is 450 g/mol. The molecule has 1 N–H and O–H groups in total. The minimum Gasteiger partial charge on any atom is -0.497 e. The summed E-state index contributed by atoms with van der Waals surface area (Å²) >= 11 is 0. The first-order chi connectivity index (χ1) is 16.1. The molecule has 1 saturated heterocycles. The van der Waals surface area contributed by atoms with E-state index in [-0.39, 0.29) is 24.5 Å². The largest absolute Gasteiger partial charge is 0.497 e. The summed E-state index contributed by atoms with van der Waals surface area (Å²) in [5.74, 6) is 1.70. The SMILES string of the molecule is COc1ccc(C2CCCN2C(=O)Nc2cccc(OCc3cccc(F)c3)c2)c(OC)c1. The van der Waals surface area contributed by atoms with E-state index in [4.69, 9.17) is 14.2 Å². The number of nitrogens with one attached hydrogen (secondary N) is 1. The van der Waals surface area contributed by atoms with Gasteiger partial charge in [0.15, 0.2) is 0 Å². The van der Waals surface area contributed by atoms with Crippen molar-refractivity contribution in [3.05, 3.63) is 83.7 Å². The van der Waals surface area contributed by atoms with Crippen molar-refractivity contribution < 1.29 is 23.4 Å². The van der Waals surface area contributed by atoms with Gasteiger partial charge in [-0.3, -0.25) is 0 Å². The summed E-state index contributed by atoms with van der Waals surface area (Å²) in [6, 6.07) is 18.9. The second-order valence-corrected chi connectivity index (χ2v) is 7.84. The van der Waals surface area contributed by atoms with Crippen LogP contribution in [0.5, 0.6) is 17.2 Å². The average Bonchev–Trinajstić information content (AvgIpc) is 3.32. The van der Waals surface area contributed by atoms with Crippen LogP contribution in [-0.2, 0) is 6.61 Å². The van der Waals surface area contributed by atoms with Crippen LogP contribution in [0.25, 0.3) is 0 Å². The van der Waals surface area contributed by atoms with Gasteiger partial charge < -0.3 is 24.4 Å². The quantitative estimate of drug-likeness (QED) is 0.495. The molecule has 1 heterocycles. The second kappa shape index (κ2) is 10.3. The van der Waals surface area contributed by atoms with Gasteiger partial charge >= 0.3 is 6.03 Å². The maximum atomic E-state index is 13.4. The fourth-order valence-corrected chi connectivity index (χ4v) is 4.08. The van der Waals surface area contributed by atoms with Crippen molar-refractivity contribution in [1.82, 2.24) is 4.90 Å². The molecule has 0 aliphatic carbocycles. The highest BCUT2D eigenvalue weighted by Gasteiger charge is 2.32. The topological polar surface area (TPSA) is 60.0 Å². The van der Waals surface area contributed by atoms with Crippen molar-refractivity contribution in [1.29, 1.82) is 0 Å². The molecule has 0 radical (unpaired) electrons. The van der Waals surface area contributed by atoms with Crippen molar-refractivity contribution in [2.24, 2.45) is 0 Å². The fourth-order valence-electron chi connectivity index (χ4n) is 4.08. The van der Waals surface area contributed by atoms with Crippen LogP contribution >= 0.6 is 0 Å². The number of benzene rings is 3. The highest BCUT2D eigenvalue weighted by Crippen LogP contribution is 2.39. The number of amides is 2. The van der Waals surface area contributed by atoms with E-state index in [1.165, 1.54) is 12.1 Å². The van der Waals surface area contributed by atoms with Crippen LogP contribution in [-0.4, -0.2) is 31.7 Å². The van der Waals surface area contributed by atoms with E-state index in [2.05, 4.69) is 5.32 Å². The lowest BCUT2D eigenvalue weighted by Gasteiger charge is -2.27. The number of rotatable bonds is 7. The van der Waals surface area contributed by atoms with E-state index in [1.807, 2.05) is 35.2 Å². The molecule has 3 aromatic rings. The number of urea groups is 1. The zero-order chi connectivity index (χ0) is 23.2. The first-order valence-corrected chi connectivity index (χ1v) is 10.8. The van der Waals surface area contributed by atoms with Gasteiger partial charge in [0.25, 0.3) is 0 Å². The molecule has 1 fully saturated rings. The molecule has 1 unspecified atom stereocenters. The number of anilines is 1. The maximum absolute atomic E-state index is 13.4. The highest BCUT2D eigenvalue weighted by molar-refractivity contribution is 5.90. The summed E-state index contributed by atoms with van der Waals surface area (Å²) in [6.45, 7) is 0.891. The molecule has 0 saturated carbocycles. The first-order valence-electron chi connectivity index (χ1n) is 10.8. The van der Waals surface area contributed by atoms with E-state index in [0.29, 0.717) is 29.5 Å². The predicted octanol–water partition coefficient (Wildman–Crippen LogP) is 5.79. The standard InChI is InChI=1S/C26H27FN2O4/c1-31-21-11-12-23(25(16-21)32-2)24-10-5-13-29(24)26(30)28-20-8-4-9-22(15-20)33-17-18-6-3-7-19(27)14-18/h3-4,6-9,11-12,14-16,24H,5,10,13,17H2,1-2H3,(H,28,30). The zero-order valence-electron chi connectivity index (χ0n) is 18.7. The summed E-state index contributed by atoms with van der Waals surface area (Å²) in [5.41, 5.74) is 2.32. The van der Waals surface area contributed by atoms with Crippen molar-refractivity contribution in [3.8, 4) is 17.2 Å². The third-order valence-electron chi connectivity index (χ3n) is 5.69. The Labute approximate surface area is 192 Å². The van der Waals surface area contributed by atoms with E-state index in [1.54, 1.807) is 38.5 Å². The van der Waals surface area contributed by atoms with Crippen LogP contribution in [0.2, 0.25) is 0 Å². The number of ether oxygens (including phenoxy) is 3. The molecule has 4 rings (SSSR count). The van der Waals surface area contributed by atoms with Gasteiger partial charge in [-0.05, 0) is 54.8 Å². The highest BCUT2D eigenvalue weighted by atomic mass is 19.1. The van der Waals surface area contributed by atoms with E-state index in [0.717, 1.165) is 24.0 Å². The van der Waals surface area contributed by atoms with Gasteiger partial charge in [-0.1, -0.05) is 18.2 Å². The molecule has 1 atom stereocenters. The van der Waals surface area contributed by atoms with Crippen LogP contribution in [0, 0.1) is 5.82 Å².